The van der Waals surface area contributed by atoms with E-state index in [0.29, 0.717) is 28.6 Å². The number of halogens is 1. The first-order valence-corrected chi connectivity index (χ1v) is 10.3. The molecule has 0 saturated heterocycles. The summed E-state index contributed by atoms with van der Waals surface area (Å²) < 4.78 is 31.6. The maximum Gasteiger partial charge on any atom is 0.259 e. The molecule has 0 radical (unpaired) electrons. The molecule has 1 amide bonds. The molecule has 0 atom stereocenters. The van der Waals surface area contributed by atoms with Crippen LogP contribution in [0.3, 0.4) is 0 Å². The van der Waals surface area contributed by atoms with Gasteiger partial charge in [-0.15, -0.1) is 0 Å². The van der Waals surface area contributed by atoms with E-state index in [0.717, 1.165) is 12.8 Å². The van der Waals surface area contributed by atoms with Crippen molar-refractivity contribution in [3.05, 3.63) is 53.1 Å². The second-order valence-electron chi connectivity index (χ2n) is 6.00. The molecule has 0 aliphatic heterocycles. The fraction of sp³-hybridized carbons (Fsp3) is 0.316. The molecule has 0 bridgehead atoms. The predicted molar refractivity (Wildman–Crippen MR) is 107 cm³/mol. The molecule has 0 heterocycles. The van der Waals surface area contributed by atoms with Crippen molar-refractivity contribution < 1.29 is 17.9 Å². The van der Waals surface area contributed by atoms with Gasteiger partial charge in [-0.3, -0.25) is 4.79 Å². The third-order valence-electron chi connectivity index (χ3n) is 4.05. The summed E-state index contributed by atoms with van der Waals surface area (Å²) in [5.41, 5.74) is 0.762. The summed E-state index contributed by atoms with van der Waals surface area (Å²) in [6.45, 7) is 2.47. The van der Waals surface area contributed by atoms with Gasteiger partial charge in [0.15, 0.2) is 0 Å². The average molecular weight is 411 g/mol. The number of benzene rings is 2. The molecule has 0 aromatic heterocycles. The first-order chi connectivity index (χ1) is 12.8. The monoisotopic (exact) mass is 410 g/mol. The fourth-order valence-corrected chi connectivity index (χ4v) is 3.83. The summed E-state index contributed by atoms with van der Waals surface area (Å²) in [6.07, 6.45) is 1.71. The van der Waals surface area contributed by atoms with E-state index in [1.807, 2.05) is 6.92 Å². The molecular weight excluding hydrogens is 388 g/mol. The van der Waals surface area contributed by atoms with E-state index in [2.05, 4.69) is 5.32 Å². The molecule has 0 saturated carbocycles. The van der Waals surface area contributed by atoms with Crippen molar-refractivity contribution in [1.29, 1.82) is 0 Å². The molecule has 2 aromatic carbocycles. The first-order valence-electron chi connectivity index (χ1n) is 8.51. The molecule has 0 aliphatic carbocycles. The number of ether oxygens (including phenoxy) is 1. The third-order valence-corrected chi connectivity index (χ3v) is 6.16. The van der Waals surface area contributed by atoms with Crippen molar-refractivity contribution in [2.45, 2.75) is 24.7 Å². The van der Waals surface area contributed by atoms with Gasteiger partial charge >= 0.3 is 0 Å². The van der Waals surface area contributed by atoms with Gasteiger partial charge in [0, 0.05) is 24.3 Å². The number of nitrogens with zero attached hydrogens (tertiary/aromatic N) is 1. The minimum atomic E-state index is -3.54. The maximum absolute atomic E-state index is 12.5. The molecule has 2 rings (SSSR count). The number of hydrogen-bond acceptors (Lipinski definition) is 4. The number of rotatable bonds is 8. The molecule has 8 heteroatoms. The zero-order valence-electron chi connectivity index (χ0n) is 15.5. The third kappa shape index (κ3) is 5.22. The molecular formula is C19H23ClN2O4S. The Morgan fingerprint density at radius 2 is 1.85 bits per heavy atom. The number of hydrogen-bond donors (Lipinski definition) is 1. The molecule has 1 N–H and O–H groups in total. The number of carbonyl (C=O) groups excluding carboxylic acids is 1. The van der Waals surface area contributed by atoms with E-state index < -0.39 is 15.9 Å². The van der Waals surface area contributed by atoms with Crippen LogP contribution < -0.4 is 10.1 Å². The molecule has 6 nitrogen and oxygen atoms in total. The summed E-state index contributed by atoms with van der Waals surface area (Å²) in [4.78, 5) is 12.7. The van der Waals surface area contributed by atoms with Crippen molar-refractivity contribution >= 4 is 33.2 Å². The largest absolute Gasteiger partial charge is 0.496 e. The van der Waals surface area contributed by atoms with Crippen molar-refractivity contribution in [3.63, 3.8) is 0 Å². The highest BCUT2D eigenvalue weighted by atomic mass is 35.5. The van der Waals surface area contributed by atoms with E-state index in [-0.39, 0.29) is 4.90 Å². The zero-order chi connectivity index (χ0) is 20.0. The van der Waals surface area contributed by atoms with E-state index >= 15 is 0 Å². The van der Waals surface area contributed by atoms with Crippen LogP contribution in [0.1, 0.15) is 30.1 Å². The van der Waals surface area contributed by atoms with E-state index in [4.69, 9.17) is 16.3 Å². The van der Waals surface area contributed by atoms with Crippen molar-refractivity contribution in [3.8, 4) is 5.75 Å². The first kappa shape index (κ1) is 21.2. The number of methoxy groups -OCH3 is 1. The van der Waals surface area contributed by atoms with Gasteiger partial charge in [-0.2, -0.15) is 0 Å². The Kier molecular flexibility index (Phi) is 7.24. The van der Waals surface area contributed by atoms with Crippen molar-refractivity contribution in [2.75, 3.05) is 26.0 Å². The Hall–Kier alpha value is -2.09. The molecule has 0 unspecified atom stereocenters. The van der Waals surface area contributed by atoms with Gasteiger partial charge in [0.25, 0.3) is 5.91 Å². The smallest absolute Gasteiger partial charge is 0.259 e. The van der Waals surface area contributed by atoms with E-state index in [1.54, 1.807) is 31.3 Å². The number of nitrogens with one attached hydrogen (secondary N) is 1. The van der Waals surface area contributed by atoms with Crippen LogP contribution in [0.15, 0.2) is 47.4 Å². The van der Waals surface area contributed by atoms with Crippen LogP contribution in [-0.2, 0) is 10.0 Å². The molecule has 0 aliphatic rings. The van der Waals surface area contributed by atoms with Crippen molar-refractivity contribution in [1.82, 2.24) is 4.31 Å². The number of amides is 1. The Balaban J connectivity index is 2.16. The van der Waals surface area contributed by atoms with Gasteiger partial charge in [0.05, 0.1) is 17.6 Å². The van der Waals surface area contributed by atoms with Crippen LogP contribution in [0.5, 0.6) is 5.75 Å². The zero-order valence-corrected chi connectivity index (χ0v) is 17.1. The second-order valence-corrected chi connectivity index (χ2v) is 8.48. The highest BCUT2D eigenvalue weighted by Gasteiger charge is 2.20. The van der Waals surface area contributed by atoms with E-state index in [1.165, 1.54) is 29.6 Å². The van der Waals surface area contributed by atoms with Crippen LogP contribution in [0.25, 0.3) is 0 Å². The summed E-state index contributed by atoms with van der Waals surface area (Å²) in [5.74, 6) is -0.00123. The van der Waals surface area contributed by atoms with Gasteiger partial charge in [-0.05, 0) is 48.9 Å². The second kappa shape index (κ2) is 9.21. The van der Waals surface area contributed by atoms with Gasteiger partial charge in [-0.1, -0.05) is 24.9 Å². The number of anilines is 1. The summed E-state index contributed by atoms with van der Waals surface area (Å²) in [6, 6.07) is 10.8. The Morgan fingerprint density at radius 3 is 2.44 bits per heavy atom. The van der Waals surface area contributed by atoms with Crippen LogP contribution >= 0.6 is 11.6 Å². The topological polar surface area (TPSA) is 75.7 Å². The van der Waals surface area contributed by atoms with Gasteiger partial charge in [0.2, 0.25) is 10.0 Å². The van der Waals surface area contributed by atoms with Crippen molar-refractivity contribution in [2.24, 2.45) is 0 Å². The Morgan fingerprint density at radius 1 is 1.19 bits per heavy atom. The quantitative estimate of drug-likeness (QED) is 0.713. The average Bonchev–Trinajstić information content (AvgIpc) is 2.66. The summed E-state index contributed by atoms with van der Waals surface area (Å²) >= 11 is 5.95. The minimum Gasteiger partial charge on any atom is -0.496 e. The van der Waals surface area contributed by atoms with Gasteiger partial charge < -0.3 is 10.1 Å². The lowest BCUT2D eigenvalue weighted by atomic mass is 10.2. The van der Waals surface area contributed by atoms with Gasteiger partial charge in [-0.25, -0.2) is 12.7 Å². The molecule has 27 heavy (non-hydrogen) atoms. The molecule has 0 fully saturated rings. The van der Waals surface area contributed by atoms with Crippen LogP contribution in [-0.4, -0.2) is 39.3 Å². The fourth-order valence-electron chi connectivity index (χ4n) is 2.45. The number of carbonyl (C=O) groups is 1. The lowest BCUT2D eigenvalue weighted by Gasteiger charge is -2.17. The molecule has 146 valence electrons. The van der Waals surface area contributed by atoms with Crippen LogP contribution in [0, 0.1) is 0 Å². The normalized spacial score (nSPS) is 11.4. The SMILES string of the molecule is CCCCN(C)S(=O)(=O)c1ccc(NC(=O)c2cc(Cl)ccc2OC)cc1. The molecule has 2 aromatic rings. The standard InChI is InChI=1S/C19H23ClN2O4S/c1-4-5-12-22(2)27(24,25)16-9-7-15(8-10-16)21-19(23)17-13-14(20)6-11-18(17)26-3/h6-11,13H,4-5,12H2,1-3H3,(H,21,23). The maximum atomic E-state index is 12.5. The lowest BCUT2D eigenvalue weighted by molar-refractivity contribution is 0.102. The Labute approximate surface area is 165 Å². The highest BCUT2D eigenvalue weighted by molar-refractivity contribution is 7.89. The lowest BCUT2D eigenvalue weighted by Crippen LogP contribution is -2.27. The summed E-state index contributed by atoms with van der Waals surface area (Å²) in [7, 11) is -0.513. The number of sulfonamides is 1. The highest BCUT2D eigenvalue weighted by Crippen LogP contribution is 2.24. The minimum absolute atomic E-state index is 0.180. The molecule has 0 spiro atoms. The predicted octanol–water partition coefficient (Wildman–Crippen LogP) is 4.02. The Bertz CT molecular complexity index is 898. The van der Waals surface area contributed by atoms with Crippen LogP contribution in [0.4, 0.5) is 5.69 Å². The summed E-state index contributed by atoms with van der Waals surface area (Å²) in [5, 5.41) is 3.13. The van der Waals surface area contributed by atoms with E-state index in [9.17, 15) is 13.2 Å². The van der Waals surface area contributed by atoms with Crippen LogP contribution in [0.2, 0.25) is 5.02 Å². The van der Waals surface area contributed by atoms with Gasteiger partial charge in [0.1, 0.15) is 5.75 Å². The number of unbranched alkanes of at least 4 members (excludes halogenated alkanes) is 1.